The maximum absolute atomic E-state index is 13.2. The van der Waals surface area contributed by atoms with Gasteiger partial charge in [-0.15, -0.1) is 0 Å². The average Bonchev–Trinajstić information content (AvgIpc) is 2.85. The molecule has 1 amide bonds. The number of pyridine rings is 1. The van der Waals surface area contributed by atoms with Crippen molar-refractivity contribution in [1.82, 2.24) is 9.29 Å². The van der Waals surface area contributed by atoms with Gasteiger partial charge >= 0.3 is 0 Å². The summed E-state index contributed by atoms with van der Waals surface area (Å²) < 4.78 is 40.4. The molecule has 9 heteroatoms. The van der Waals surface area contributed by atoms with Crippen molar-refractivity contribution in [3.8, 4) is 0 Å². The fraction of sp³-hybridized carbons (Fsp3) is 0.250. The number of benzene rings is 2. The monoisotopic (exact) mass is 485 g/mol. The van der Waals surface area contributed by atoms with Crippen LogP contribution >= 0.6 is 11.8 Å². The molecule has 1 atom stereocenters. The molecule has 0 spiro atoms. The number of hydrogen-bond donors (Lipinski definition) is 1. The second-order valence-corrected chi connectivity index (χ2v) is 10.8. The van der Waals surface area contributed by atoms with Gasteiger partial charge in [0.1, 0.15) is 16.0 Å². The lowest BCUT2D eigenvalue weighted by molar-refractivity contribution is -0.115. The molecule has 0 aliphatic carbocycles. The summed E-state index contributed by atoms with van der Waals surface area (Å²) in [5.74, 6) is -0.671. The number of aromatic nitrogens is 1. The van der Waals surface area contributed by atoms with Gasteiger partial charge in [-0.05, 0) is 54.8 Å². The Bertz CT molecular complexity index is 1180. The molecule has 0 unspecified atom stereocenters. The van der Waals surface area contributed by atoms with Crippen LogP contribution < -0.4 is 5.32 Å². The number of amides is 1. The Morgan fingerprint density at radius 3 is 2.30 bits per heavy atom. The predicted molar refractivity (Wildman–Crippen MR) is 127 cm³/mol. The molecule has 1 aliphatic heterocycles. The minimum Gasteiger partial charge on any atom is -0.325 e. The van der Waals surface area contributed by atoms with E-state index in [2.05, 4.69) is 10.3 Å². The van der Waals surface area contributed by atoms with Crippen LogP contribution in [0.25, 0.3) is 0 Å². The summed E-state index contributed by atoms with van der Waals surface area (Å²) in [6.07, 6.45) is 4.12. The minimum atomic E-state index is -3.57. The van der Waals surface area contributed by atoms with Crippen molar-refractivity contribution >= 4 is 33.4 Å². The lowest BCUT2D eigenvalue weighted by Crippen LogP contribution is -2.35. The first-order chi connectivity index (χ1) is 15.9. The van der Waals surface area contributed by atoms with E-state index in [1.807, 2.05) is 30.3 Å². The first kappa shape index (κ1) is 23.4. The molecule has 2 aromatic carbocycles. The number of nitrogens with zero attached hydrogens (tertiary/aromatic N) is 2. The van der Waals surface area contributed by atoms with Crippen molar-refractivity contribution in [2.45, 2.75) is 34.4 Å². The number of thioether (sulfide) groups is 1. The van der Waals surface area contributed by atoms with Crippen LogP contribution in [0.4, 0.5) is 10.1 Å². The zero-order chi connectivity index (χ0) is 23.3. The fourth-order valence-electron chi connectivity index (χ4n) is 3.61. The van der Waals surface area contributed by atoms with E-state index >= 15 is 0 Å². The van der Waals surface area contributed by atoms with Gasteiger partial charge in [-0.1, -0.05) is 48.5 Å². The molecule has 2 heterocycles. The van der Waals surface area contributed by atoms with E-state index in [1.54, 1.807) is 12.1 Å². The Labute approximate surface area is 197 Å². The summed E-state index contributed by atoms with van der Waals surface area (Å²) in [5.41, 5.74) is 1.26. The minimum absolute atomic E-state index is 0.153. The number of halogens is 1. The van der Waals surface area contributed by atoms with E-state index in [1.165, 1.54) is 46.5 Å². The summed E-state index contributed by atoms with van der Waals surface area (Å²) in [6, 6.07) is 18.0. The third-order valence-corrected chi connectivity index (χ3v) is 8.44. The fourth-order valence-corrected chi connectivity index (χ4v) is 6.03. The summed E-state index contributed by atoms with van der Waals surface area (Å²) >= 11 is 1.22. The Balaban J connectivity index is 1.53. The summed E-state index contributed by atoms with van der Waals surface area (Å²) in [5, 5.41) is 2.70. The number of carbonyl (C=O) groups is 1. The van der Waals surface area contributed by atoms with Gasteiger partial charge in [0.05, 0.1) is 5.03 Å². The summed E-state index contributed by atoms with van der Waals surface area (Å²) in [7, 11) is -3.57. The van der Waals surface area contributed by atoms with Gasteiger partial charge in [-0.3, -0.25) is 4.79 Å². The van der Waals surface area contributed by atoms with Crippen LogP contribution in [-0.4, -0.2) is 36.7 Å². The molecule has 0 bridgehead atoms. The molecule has 0 radical (unpaired) electrons. The zero-order valence-corrected chi connectivity index (χ0v) is 19.5. The van der Waals surface area contributed by atoms with E-state index in [4.69, 9.17) is 0 Å². The molecule has 4 rings (SSSR count). The second-order valence-electron chi connectivity index (χ2n) is 7.70. The van der Waals surface area contributed by atoms with E-state index < -0.39 is 15.3 Å². The van der Waals surface area contributed by atoms with Gasteiger partial charge in [0, 0.05) is 25.0 Å². The standard InChI is InChI=1S/C24H24FN3O3S2/c25-19-9-11-20(12-10-19)27-24(29)23(18-7-3-1-4-8-18)32-22-14-13-21(17-26-22)33(30,31)28-15-5-2-6-16-28/h1,3-4,7-14,17,23H,2,5-6,15-16H2,(H,27,29)/t23-/m1/s1. The number of sulfonamides is 1. The number of nitrogens with one attached hydrogen (secondary N) is 1. The van der Waals surface area contributed by atoms with Crippen LogP contribution in [0.2, 0.25) is 0 Å². The largest absolute Gasteiger partial charge is 0.325 e. The third-order valence-electron chi connectivity index (χ3n) is 5.35. The topological polar surface area (TPSA) is 79.4 Å². The average molecular weight is 486 g/mol. The highest BCUT2D eigenvalue weighted by Crippen LogP contribution is 2.35. The summed E-state index contributed by atoms with van der Waals surface area (Å²) in [6.45, 7) is 1.05. The van der Waals surface area contributed by atoms with Crippen molar-refractivity contribution in [3.63, 3.8) is 0 Å². The van der Waals surface area contributed by atoms with E-state index in [0.29, 0.717) is 23.8 Å². The highest BCUT2D eigenvalue weighted by atomic mass is 32.2. The smallest absolute Gasteiger partial charge is 0.244 e. The maximum atomic E-state index is 13.2. The van der Waals surface area contributed by atoms with Crippen molar-refractivity contribution in [1.29, 1.82) is 0 Å². The molecule has 1 N–H and O–H groups in total. The third kappa shape index (κ3) is 5.79. The molecular weight excluding hydrogens is 461 g/mol. The first-order valence-corrected chi connectivity index (χ1v) is 13.0. The number of hydrogen-bond acceptors (Lipinski definition) is 5. The van der Waals surface area contributed by atoms with Crippen LogP contribution in [0.15, 0.2) is 82.8 Å². The maximum Gasteiger partial charge on any atom is 0.244 e. The van der Waals surface area contributed by atoms with Gasteiger partial charge in [-0.25, -0.2) is 17.8 Å². The van der Waals surface area contributed by atoms with Crippen molar-refractivity contribution in [2.75, 3.05) is 18.4 Å². The zero-order valence-electron chi connectivity index (χ0n) is 17.9. The molecule has 1 saturated heterocycles. The normalized spacial score (nSPS) is 15.7. The molecule has 0 saturated carbocycles. The molecule has 1 fully saturated rings. The number of carbonyl (C=O) groups excluding carboxylic acids is 1. The molecule has 172 valence electrons. The van der Waals surface area contributed by atoms with Crippen molar-refractivity contribution in [3.05, 3.63) is 84.3 Å². The Hall–Kier alpha value is -2.75. The quantitative estimate of drug-likeness (QED) is 0.483. The van der Waals surface area contributed by atoms with E-state index in [0.717, 1.165) is 24.8 Å². The highest BCUT2D eigenvalue weighted by Gasteiger charge is 2.27. The Kier molecular flexibility index (Phi) is 7.42. The van der Waals surface area contributed by atoms with Crippen LogP contribution in [0, 0.1) is 5.82 Å². The number of rotatable bonds is 7. The van der Waals surface area contributed by atoms with Crippen LogP contribution in [0.5, 0.6) is 0 Å². The van der Waals surface area contributed by atoms with Gasteiger partial charge in [-0.2, -0.15) is 4.31 Å². The van der Waals surface area contributed by atoms with Gasteiger partial charge in [0.2, 0.25) is 15.9 Å². The van der Waals surface area contributed by atoms with Gasteiger partial charge in [0.25, 0.3) is 0 Å². The SMILES string of the molecule is O=C(Nc1ccc(F)cc1)[C@H](Sc1ccc(S(=O)(=O)N2CCCCC2)cn1)c1ccccc1. The molecule has 3 aromatic rings. The highest BCUT2D eigenvalue weighted by molar-refractivity contribution is 8.00. The van der Waals surface area contributed by atoms with Crippen LogP contribution in [0.1, 0.15) is 30.1 Å². The molecule has 6 nitrogen and oxygen atoms in total. The summed E-state index contributed by atoms with van der Waals surface area (Å²) in [4.78, 5) is 17.6. The Morgan fingerprint density at radius 1 is 0.970 bits per heavy atom. The lowest BCUT2D eigenvalue weighted by Gasteiger charge is -2.25. The van der Waals surface area contributed by atoms with E-state index in [-0.39, 0.29) is 16.6 Å². The van der Waals surface area contributed by atoms with Crippen LogP contribution in [0.3, 0.4) is 0 Å². The van der Waals surface area contributed by atoms with Crippen molar-refractivity contribution < 1.29 is 17.6 Å². The first-order valence-electron chi connectivity index (χ1n) is 10.7. The number of piperidine rings is 1. The predicted octanol–water partition coefficient (Wildman–Crippen LogP) is 4.87. The lowest BCUT2D eigenvalue weighted by atomic mass is 10.1. The molecule has 1 aromatic heterocycles. The number of anilines is 1. The van der Waals surface area contributed by atoms with E-state index in [9.17, 15) is 17.6 Å². The van der Waals surface area contributed by atoms with Gasteiger partial charge in [0.15, 0.2) is 0 Å². The van der Waals surface area contributed by atoms with Crippen LogP contribution in [-0.2, 0) is 14.8 Å². The molecule has 33 heavy (non-hydrogen) atoms. The molecule has 1 aliphatic rings. The molecular formula is C24H24FN3O3S2. The van der Waals surface area contributed by atoms with Gasteiger partial charge < -0.3 is 5.32 Å². The Morgan fingerprint density at radius 2 is 1.67 bits per heavy atom. The van der Waals surface area contributed by atoms with Crippen molar-refractivity contribution in [2.24, 2.45) is 0 Å². The second kappa shape index (κ2) is 10.5.